The van der Waals surface area contributed by atoms with E-state index in [0.29, 0.717) is 36.2 Å². The Morgan fingerprint density at radius 2 is 1.47 bits per heavy atom. The largest absolute Gasteiger partial charge is 0.508 e. The van der Waals surface area contributed by atoms with Crippen molar-refractivity contribution in [3.05, 3.63) is 98.0 Å². The molecule has 0 bridgehead atoms. The number of thiazole rings is 1. The van der Waals surface area contributed by atoms with Gasteiger partial charge in [-0.1, -0.05) is 88.1 Å². The van der Waals surface area contributed by atoms with Crippen LogP contribution in [0, 0.1) is 40.9 Å². The maximum absolute atomic E-state index is 15.1. The number of nitrogens with one attached hydrogen (secondary N) is 10. The molecule has 1 unspecified atom stereocenters. The second kappa shape index (κ2) is 55.4. The number of rotatable bonds is 54. The van der Waals surface area contributed by atoms with E-state index < -0.39 is 193 Å². The highest BCUT2D eigenvalue weighted by Crippen LogP contribution is 2.35. The minimum atomic E-state index is -1.80. The van der Waals surface area contributed by atoms with Crippen LogP contribution in [-0.2, 0) is 94.3 Å². The molecule has 6 rings (SSSR count). The number of benzene rings is 2. The molecule has 1 fully saturated rings. The summed E-state index contributed by atoms with van der Waals surface area (Å²) in [7, 11) is 3.90. The maximum atomic E-state index is 15.1. The van der Waals surface area contributed by atoms with Crippen molar-refractivity contribution in [2.45, 2.75) is 213 Å². The molecule has 3 aromatic heterocycles. The highest BCUT2D eigenvalue weighted by Gasteiger charge is 2.41. The average Bonchev–Trinajstić information content (AvgIpc) is 1.45. The summed E-state index contributed by atoms with van der Waals surface area (Å²) < 4.78 is 16.9. The normalized spacial score (nSPS) is 15.0. The number of carboxylic acids is 3. The molecule has 43 nitrogen and oxygen atoms in total. The Labute approximate surface area is 760 Å². The number of nitrogen functional groups attached to an aromatic ring is 1. The van der Waals surface area contributed by atoms with E-state index in [9.17, 15) is 92.3 Å². The van der Waals surface area contributed by atoms with E-state index in [0.717, 1.165) is 52.3 Å². The fraction of sp³-hybridized carbons (Fsp3) is 0.548. The Morgan fingerprint density at radius 3 is 2.10 bits per heavy atom. The van der Waals surface area contributed by atoms with Gasteiger partial charge in [-0.25, -0.2) is 30.0 Å². The van der Waals surface area contributed by atoms with Crippen LogP contribution < -0.4 is 59.8 Å². The number of hydrazine groups is 1. The lowest BCUT2D eigenvalue weighted by atomic mass is 9.82. The standard InChI is InChI=1S/C83H116N18O23S3.CO2/c1-10-15-69(110)123-43-101(78(116)57(45(5)11-2)36-65(106)61-17-12-13-29-100(61)9)62(44(3)4)38-66(124-48(8)102)77-95-60(42-125-77)75(114)92-54(33-49-18-24-56(103)25-19-49)32-46(6)72(111)98-99-83(121)122-30-31-126-127-41-52(79(117)118)35-64(105)59(37-68(108)109)94-74(113)51(16-14-28-87-81(84)85)34-63(104)47(7)90-67(107)27-26-58(80(119)120)93-73(112)50-20-22-53(23-21-50)88-39-55-40-89-71-70(91-55)76(115)97-82(86)96-71;2-1-3/h18-25,40,42,44-47,51-52,54,57-59,61-62,66,88,103H,10-17,26-39,41,43H2,1-9H3,(H,90,107)(H,92,114)(H,93,112)(H,94,113)(H,98,111)(H,99,121)(H,108,109)(H,117,118)(H,119,120)(H4,84,85,87)(H3,86,89,96,97,115);/t45?,46-,47-,51+,52-,54+,57-,58-,59-,61+,62+,66+;/m0./s1. The molecule has 7 amide bonds. The number of aliphatic carboxylic acids is 3. The Bertz CT molecular complexity index is 4820. The molecule has 130 heavy (non-hydrogen) atoms. The van der Waals surface area contributed by atoms with Crippen molar-refractivity contribution in [2.75, 3.05) is 56.0 Å². The highest BCUT2D eigenvalue weighted by molar-refractivity contribution is 8.76. The summed E-state index contributed by atoms with van der Waals surface area (Å²) in [4.78, 5) is 252. The number of phenols is 1. The smallest absolute Gasteiger partial charge is 0.426 e. The Hall–Kier alpha value is -12.6. The Kier molecular flexibility index (Phi) is 46.0. The first-order chi connectivity index (χ1) is 61.6. The van der Waals surface area contributed by atoms with Gasteiger partial charge in [0.15, 0.2) is 47.3 Å². The number of amides is 7. The number of H-pyrrole nitrogens is 1. The number of nitrogens with zero attached hydrogens (tertiary/aromatic N) is 6. The van der Waals surface area contributed by atoms with E-state index >= 15 is 4.79 Å². The Morgan fingerprint density at radius 1 is 0.777 bits per heavy atom. The van der Waals surface area contributed by atoms with Crippen LogP contribution in [0.5, 0.6) is 5.75 Å². The minimum absolute atomic E-state index is 0.0259. The van der Waals surface area contributed by atoms with Gasteiger partial charge in [0.05, 0.1) is 48.9 Å². The summed E-state index contributed by atoms with van der Waals surface area (Å²) in [6.45, 7) is 13.6. The number of carbonyl (C=O) groups is 15. The molecule has 12 atom stereocenters. The number of Topliss-reactive ketones (excluding diaryl/α,β-unsaturated/α-hetero) is 3. The number of likely N-dealkylation sites (N-methyl/N-ethyl adjacent to an activating group) is 1. The number of likely N-dealkylation sites (tertiary alicyclic amines) is 1. The third kappa shape index (κ3) is 37.3. The van der Waals surface area contributed by atoms with Crippen molar-refractivity contribution >= 4 is 157 Å². The summed E-state index contributed by atoms with van der Waals surface area (Å²) in [6, 6.07) is 5.44. The summed E-state index contributed by atoms with van der Waals surface area (Å²) in [5.74, 6) is -17.6. The summed E-state index contributed by atoms with van der Waals surface area (Å²) >= 11 is 1.02. The SMILES string of the molecule is CCCC(=O)OCN(C(=O)[C@@H](CC(=O)[C@H]1CCCCN1C)C(C)CC)[C@H](C[C@@H](OC(C)=O)c1nc(C(=O)N[C@@H](Cc2ccc(O)cc2)C[C@H](C)C(=O)NNC(=O)OCCSSC[C@H](CC(=O)[C@H](CC(=O)O)NC(=O)[C@H](CCCNC(=N)N)CC(=O)[C@H](C)NC(=O)CC[C@H](NC(=O)c2ccc(NCc3cnc4nc(N)[nH]c(=O)c4n3)cc2)C(=O)O)C(=O)O)cs1)C(C)C.O=C=O. The first kappa shape index (κ1) is 108. The zero-order valence-electron chi connectivity index (χ0n) is 73.7. The van der Waals surface area contributed by atoms with Gasteiger partial charge in [0, 0.05) is 110 Å². The van der Waals surface area contributed by atoms with Gasteiger partial charge in [0.25, 0.3) is 17.4 Å². The van der Waals surface area contributed by atoms with Crippen LogP contribution in [0.3, 0.4) is 0 Å². The summed E-state index contributed by atoms with van der Waals surface area (Å²) in [5.41, 5.74) is 16.4. The van der Waals surface area contributed by atoms with Crippen LogP contribution in [-0.4, -0.2) is 237 Å². The molecule has 0 aliphatic carbocycles. The van der Waals surface area contributed by atoms with Gasteiger partial charge >= 0.3 is 42.1 Å². The van der Waals surface area contributed by atoms with Gasteiger partial charge in [0.1, 0.15) is 29.1 Å². The molecule has 5 aromatic rings. The zero-order valence-corrected chi connectivity index (χ0v) is 76.1. The van der Waals surface area contributed by atoms with Crippen molar-refractivity contribution in [2.24, 2.45) is 41.2 Å². The number of phenolic OH excluding ortho intramolecular Hbond substituents is 1. The number of carboxylic acid groups (broad SMARTS) is 3. The van der Waals surface area contributed by atoms with Crippen molar-refractivity contribution in [3.63, 3.8) is 0 Å². The molecule has 1 saturated heterocycles. The van der Waals surface area contributed by atoms with Gasteiger partial charge in [-0.2, -0.15) is 14.6 Å². The topological polar surface area (TPSA) is 662 Å². The van der Waals surface area contributed by atoms with Crippen molar-refractivity contribution in [3.8, 4) is 5.75 Å². The quantitative estimate of drug-likeness (QED) is 0.00361. The monoisotopic (exact) mass is 1870 g/mol. The van der Waals surface area contributed by atoms with E-state index in [1.54, 1.807) is 12.1 Å². The fourth-order valence-corrected chi connectivity index (χ4v) is 16.8. The van der Waals surface area contributed by atoms with Crippen LogP contribution in [0.2, 0.25) is 0 Å². The van der Waals surface area contributed by atoms with Gasteiger partial charge in [0.2, 0.25) is 29.6 Å². The van der Waals surface area contributed by atoms with Crippen LogP contribution in [0.15, 0.2) is 64.9 Å². The summed E-state index contributed by atoms with van der Waals surface area (Å²) in [5, 5.41) is 65.0. The molecular formula is C84H116N18O25S3. The molecule has 18 N–H and O–H groups in total. The van der Waals surface area contributed by atoms with Gasteiger partial charge < -0.3 is 82.9 Å². The van der Waals surface area contributed by atoms with Crippen molar-refractivity contribution < 1.29 is 116 Å². The number of hydrogen-bond donors (Lipinski definition) is 16. The van der Waals surface area contributed by atoms with Crippen LogP contribution in [0.25, 0.3) is 11.2 Å². The summed E-state index contributed by atoms with van der Waals surface area (Å²) in [6.07, 6.45) is -0.189. The van der Waals surface area contributed by atoms with Crippen LogP contribution >= 0.6 is 32.9 Å². The predicted octanol–water partition coefficient (Wildman–Crippen LogP) is 4.87. The van der Waals surface area contributed by atoms with Crippen LogP contribution in [0.4, 0.5) is 16.4 Å². The molecule has 2 aromatic carbocycles. The molecule has 4 heterocycles. The minimum Gasteiger partial charge on any atom is -0.508 e. The number of nitrogens with two attached hydrogens (primary N) is 2. The molecule has 0 radical (unpaired) electrons. The van der Waals surface area contributed by atoms with Gasteiger partial charge in [-0.3, -0.25) is 87.8 Å². The highest BCUT2D eigenvalue weighted by atomic mass is 33.1. The number of aromatic hydroxyl groups is 1. The average molecular weight is 1870 g/mol. The lowest BCUT2D eigenvalue weighted by Crippen LogP contribution is -2.50. The Balaban J connectivity index is 0.00000983. The third-order valence-corrected chi connectivity index (χ3v) is 24.5. The molecule has 710 valence electrons. The van der Waals surface area contributed by atoms with E-state index in [4.69, 9.17) is 40.7 Å². The number of aromatic amines is 1. The number of fused-ring (bicyclic) bond motifs is 1. The zero-order chi connectivity index (χ0) is 96.4. The lowest BCUT2D eigenvalue weighted by Gasteiger charge is -2.39. The third-order valence-electron chi connectivity index (χ3n) is 21.1. The van der Waals surface area contributed by atoms with Gasteiger partial charge in [-0.15, -0.1) is 11.3 Å². The van der Waals surface area contributed by atoms with E-state index in [1.807, 2.05) is 46.6 Å². The first-order valence-electron chi connectivity index (χ1n) is 42.1. The van der Waals surface area contributed by atoms with E-state index in [2.05, 4.69) is 67.7 Å². The number of aromatic nitrogens is 5. The molecular weight excluding hydrogens is 1760 g/mol. The molecule has 46 heteroatoms. The van der Waals surface area contributed by atoms with Crippen molar-refractivity contribution in [1.82, 2.24) is 72.2 Å². The van der Waals surface area contributed by atoms with Crippen LogP contribution in [0.1, 0.15) is 201 Å². The number of anilines is 2. The van der Waals surface area contributed by atoms with Gasteiger partial charge in [-0.05, 0) is 126 Å². The number of ether oxygens (including phenoxy) is 3. The maximum Gasteiger partial charge on any atom is 0.426 e. The molecule has 0 spiro atoms. The number of guanidine groups is 1. The second-order valence-corrected chi connectivity index (χ2v) is 35.0. The fourth-order valence-electron chi connectivity index (χ4n) is 13.8. The number of carbonyl (C=O) groups excluding carboxylic acids is 14. The molecule has 1 aliphatic rings. The lowest BCUT2D eigenvalue weighted by molar-refractivity contribution is -0.192. The second-order valence-electron chi connectivity index (χ2n) is 31.5. The van der Waals surface area contributed by atoms with Crippen molar-refractivity contribution in [1.29, 1.82) is 5.41 Å². The molecule has 0 saturated carbocycles. The number of hydrogen-bond acceptors (Lipinski definition) is 33. The predicted molar refractivity (Wildman–Crippen MR) is 474 cm³/mol. The number of esters is 2. The first-order valence-corrected chi connectivity index (χ1v) is 45.5. The molecule has 1 aliphatic heterocycles. The van der Waals surface area contributed by atoms with E-state index in [-0.39, 0.29) is 145 Å². The number of piperidine rings is 1. The number of ketones is 3. The van der Waals surface area contributed by atoms with E-state index in [1.165, 1.54) is 73.6 Å².